The van der Waals surface area contributed by atoms with Crippen LogP contribution in [-0.2, 0) is 21.3 Å². The van der Waals surface area contributed by atoms with Crippen molar-refractivity contribution in [1.82, 2.24) is 9.97 Å². The van der Waals surface area contributed by atoms with Crippen LogP contribution in [0, 0.1) is 0 Å². The Hall–Kier alpha value is -3.61. The third-order valence-electron chi connectivity index (χ3n) is 5.18. The second-order valence-corrected chi connectivity index (χ2v) is 8.82. The highest BCUT2D eigenvalue weighted by molar-refractivity contribution is 7.88. The van der Waals surface area contributed by atoms with Crippen LogP contribution in [0.4, 0.5) is 24.7 Å². The molecule has 1 aliphatic rings. The van der Waals surface area contributed by atoms with Gasteiger partial charge in [0.25, 0.3) is 5.88 Å². The molecule has 0 amide bonds. The molecule has 34 heavy (non-hydrogen) atoms. The lowest BCUT2D eigenvalue weighted by atomic mass is 10.0. The number of hydrogen-bond donors (Lipinski definition) is 0. The molecule has 2 aromatic carbocycles. The maximum absolute atomic E-state index is 13.1. The zero-order valence-corrected chi connectivity index (χ0v) is 18.7. The molecule has 0 bridgehead atoms. The van der Waals surface area contributed by atoms with Crippen LogP contribution in [-0.4, -0.2) is 50.6 Å². The minimum Gasteiger partial charge on any atom is -0.497 e. The van der Waals surface area contributed by atoms with Crippen LogP contribution in [0.5, 0.6) is 11.6 Å². The van der Waals surface area contributed by atoms with E-state index in [0.717, 1.165) is 5.56 Å². The van der Waals surface area contributed by atoms with Gasteiger partial charge < -0.3 is 18.6 Å². The average molecular weight is 497 g/mol. The first kappa shape index (κ1) is 23.5. The Balaban J connectivity index is 1.94. The molecule has 0 N–H and O–H groups in total. The monoisotopic (exact) mass is 497 g/mol. The molecule has 0 atom stereocenters. The molecule has 0 radical (unpaired) electrons. The van der Waals surface area contributed by atoms with E-state index in [9.17, 15) is 26.4 Å². The van der Waals surface area contributed by atoms with Crippen molar-refractivity contribution in [3.05, 3.63) is 47.5 Å². The van der Waals surface area contributed by atoms with Gasteiger partial charge in [-0.1, -0.05) is 6.07 Å². The van der Waals surface area contributed by atoms with Crippen molar-refractivity contribution < 1.29 is 40.0 Å². The number of benzene rings is 2. The SMILES string of the molecule is COC(=O)c1ccc2nc(OS(=O)(=O)C(F)(F)F)c(N3CCCc4ccc(OC)cc43)nc2c1. The van der Waals surface area contributed by atoms with Crippen LogP contribution >= 0.6 is 0 Å². The number of carbonyl (C=O) groups is 1. The molecule has 0 saturated heterocycles. The standard InChI is InChI=1S/C21H18F3N3O6S/c1-31-14-7-5-12-4-3-9-27(17(12)11-14)18-19(33-34(29,30)21(22,23)24)26-15-8-6-13(20(28)32-2)10-16(15)25-18/h5-8,10-11H,3-4,9H2,1-2H3. The molecule has 0 unspecified atom stereocenters. The Morgan fingerprint density at radius 2 is 1.82 bits per heavy atom. The molecule has 9 nitrogen and oxygen atoms in total. The van der Waals surface area contributed by atoms with Gasteiger partial charge in [0.1, 0.15) is 5.75 Å². The van der Waals surface area contributed by atoms with E-state index in [1.807, 2.05) is 0 Å². The first-order valence-electron chi connectivity index (χ1n) is 9.89. The number of halogens is 3. The van der Waals surface area contributed by atoms with Crippen molar-refractivity contribution in [2.75, 3.05) is 25.7 Å². The van der Waals surface area contributed by atoms with Crippen LogP contribution in [0.15, 0.2) is 36.4 Å². The lowest BCUT2D eigenvalue weighted by molar-refractivity contribution is -0.0501. The summed E-state index contributed by atoms with van der Waals surface area (Å²) >= 11 is 0. The van der Waals surface area contributed by atoms with Gasteiger partial charge >= 0.3 is 21.6 Å². The van der Waals surface area contributed by atoms with Gasteiger partial charge in [0.15, 0.2) is 5.82 Å². The van der Waals surface area contributed by atoms with Gasteiger partial charge in [0, 0.05) is 18.3 Å². The summed E-state index contributed by atoms with van der Waals surface area (Å²) in [6.45, 7) is 0.291. The minimum absolute atomic E-state index is 0.0200. The third-order valence-corrected chi connectivity index (χ3v) is 6.12. The number of methoxy groups -OCH3 is 2. The number of ether oxygens (including phenoxy) is 2. The van der Waals surface area contributed by atoms with Gasteiger partial charge in [-0.2, -0.15) is 21.6 Å². The summed E-state index contributed by atoms with van der Waals surface area (Å²) in [4.78, 5) is 21.8. The Bertz CT molecular complexity index is 1380. The highest BCUT2D eigenvalue weighted by Gasteiger charge is 2.49. The van der Waals surface area contributed by atoms with Crippen molar-refractivity contribution in [1.29, 1.82) is 0 Å². The summed E-state index contributed by atoms with van der Waals surface area (Å²) in [5.74, 6) is -1.26. The summed E-state index contributed by atoms with van der Waals surface area (Å²) in [6, 6.07) is 9.17. The molecule has 0 saturated carbocycles. The minimum atomic E-state index is -6.02. The molecule has 0 fully saturated rings. The summed E-state index contributed by atoms with van der Waals surface area (Å²) < 4.78 is 77.2. The molecule has 0 spiro atoms. The Labute approximate surface area is 192 Å². The summed E-state index contributed by atoms with van der Waals surface area (Å²) in [6.07, 6.45) is 1.28. The smallest absolute Gasteiger partial charge is 0.497 e. The van der Waals surface area contributed by atoms with Crippen molar-refractivity contribution in [3.8, 4) is 11.6 Å². The normalized spacial score (nSPS) is 14.0. The second-order valence-electron chi connectivity index (χ2n) is 7.28. The molecular formula is C21H18F3N3O6S. The number of anilines is 2. The number of fused-ring (bicyclic) bond motifs is 2. The van der Waals surface area contributed by atoms with E-state index in [4.69, 9.17) is 9.47 Å². The number of rotatable bonds is 5. The van der Waals surface area contributed by atoms with E-state index in [2.05, 4.69) is 14.2 Å². The van der Waals surface area contributed by atoms with Crippen molar-refractivity contribution >= 4 is 38.6 Å². The predicted molar refractivity (Wildman–Crippen MR) is 115 cm³/mol. The zero-order valence-electron chi connectivity index (χ0n) is 17.9. The second kappa shape index (κ2) is 8.63. The van der Waals surface area contributed by atoms with Gasteiger partial charge in [-0.05, 0) is 42.7 Å². The molecule has 0 aliphatic carbocycles. The van der Waals surface area contributed by atoms with E-state index in [1.165, 1.54) is 37.3 Å². The van der Waals surface area contributed by atoms with E-state index < -0.39 is 27.5 Å². The fourth-order valence-electron chi connectivity index (χ4n) is 3.56. The number of nitrogens with zero attached hydrogens (tertiary/aromatic N) is 3. The fourth-order valence-corrected chi connectivity index (χ4v) is 3.97. The topological polar surface area (TPSA) is 108 Å². The van der Waals surface area contributed by atoms with Crippen molar-refractivity contribution in [3.63, 3.8) is 0 Å². The van der Waals surface area contributed by atoms with Crippen LogP contribution in [0.25, 0.3) is 11.0 Å². The van der Waals surface area contributed by atoms with Gasteiger partial charge in [-0.15, -0.1) is 0 Å². The molecular weight excluding hydrogens is 479 g/mol. The average Bonchev–Trinajstić information content (AvgIpc) is 2.81. The first-order chi connectivity index (χ1) is 16.0. The Morgan fingerprint density at radius 3 is 2.50 bits per heavy atom. The number of esters is 1. The van der Waals surface area contributed by atoms with Crippen LogP contribution < -0.4 is 13.8 Å². The van der Waals surface area contributed by atoms with Crippen LogP contribution in [0.3, 0.4) is 0 Å². The van der Waals surface area contributed by atoms with Gasteiger partial charge in [-0.3, -0.25) is 0 Å². The van der Waals surface area contributed by atoms with Crippen molar-refractivity contribution in [2.45, 2.75) is 18.3 Å². The van der Waals surface area contributed by atoms with Gasteiger partial charge in [-0.25, -0.2) is 14.8 Å². The summed E-state index contributed by atoms with van der Waals surface area (Å²) in [5, 5.41) is 0. The molecule has 1 aliphatic heterocycles. The maximum Gasteiger partial charge on any atom is 0.534 e. The summed E-state index contributed by atoms with van der Waals surface area (Å²) in [7, 11) is -3.37. The number of hydrogen-bond acceptors (Lipinski definition) is 9. The lowest BCUT2D eigenvalue weighted by Gasteiger charge is -2.31. The molecule has 180 valence electrons. The number of carbonyl (C=O) groups excluding carboxylic acids is 1. The molecule has 1 aromatic heterocycles. The van der Waals surface area contributed by atoms with Crippen molar-refractivity contribution in [2.24, 2.45) is 0 Å². The van der Waals surface area contributed by atoms with E-state index in [1.54, 1.807) is 18.2 Å². The highest BCUT2D eigenvalue weighted by atomic mass is 32.2. The number of aromatic nitrogens is 2. The quantitative estimate of drug-likeness (QED) is 0.296. The molecule has 4 rings (SSSR count). The number of aryl methyl sites for hydroxylation is 1. The van der Waals surface area contributed by atoms with E-state index >= 15 is 0 Å². The molecule has 3 aromatic rings. The van der Waals surface area contributed by atoms with Gasteiger partial charge in [0.05, 0.1) is 30.8 Å². The fraction of sp³-hybridized carbons (Fsp3) is 0.286. The van der Waals surface area contributed by atoms with E-state index in [0.29, 0.717) is 30.8 Å². The highest BCUT2D eigenvalue weighted by Crippen LogP contribution is 2.40. The lowest BCUT2D eigenvalue weighted by Crippen LogP contribution is -2.31. The van der Waals surface area contributed by atoms with Crippen LogP contribution in [0.1, 0.15) is 22.3 Å². The summed E-state index contributed by atoms with van der Waals surface area (Å²) in [5.41, 5.74) is -3.98. The first-order valence-corrected chi connectivity index (χ1v) is 11.3. The van der Waals surface area contributed by atoms with Crippen LogP contribution in [0.2, 0.25) is 0 Å². The van der Waals surface area contributed by atoms with Gasteiger partial charge in [0.2, 0.25) is 0 Å². The Morgan fingerprint density at radius 1 is 1.06 bits per heavy atom. The molecule has 2 heterocycles. The Kier molecular flexibility index (Phi) is 5.98. The van der Waals surface area contributed by atoms with E-state index in [-0.39, 0.29) is 22.4 Å². The predicted octanol–water partition coefficient (Wildman–Crippen LogP) is 3.74. The maximum atomic E-state index is 13.1. The zero-order chi connectivity index (χ0) is 24.7. The number of alkyl halides is 3. The molecule has 13 heteroatoms. The largest absolute Gasteiger partial charge is 0.534 e. The third kappa shape index (κ3) is 4.30.